The first-order valence-corrected chi connectivity index (χ1v) is 6.29. The summed E-state index contributed by atoms with van der Waals surface area (Å²) in [5, 5.41) is 14.5. The van der Waals surface area contributed by atoms with Crippen LogP contribution in [0.1, 0.15) is 45.4 Å². The molecule has 18 heavy (non-hydrogen) atoms. The van der Waals surface area contributed by atoms with E-state index in [0.717, 1.165) is 19.3 Å². The van der Waals surface area contributed by atoms with Gasteiger partial charge in [0.2, 0.25) is 0 Å². The molecule has 1 saturated carbocycles. The van der Waals surface area contributed by atoms with Gasteiger partial charge in [-0.2, -0.15) is 0 Å². The van der Waals surface area contributed by atoms with Crippen LogP contribution in [-0.2, 0) is 4.79 Å². The van der Waals surface area contributed by atoms with Crippen molar-refractivity contribution in [3.8, 4) is 12.3 Å². The van der Waals surface area contributed by atoms with Crippen molar-refractivity contribution in [3.05, 3.63) is 0 Å². The molecule has 5 heteroatoms. The summed E-state index contributed by atoms with van der Waals surface area (Å²) in [6.45, 7) is 1.92. The van der Waals surface area contributed by atoms with E-state index in [9.17, 15) is 14.7 Å². The van der Waals surface area contributed by atoms with Crippen molar-refractivity contribution < 1.29 is 14.7 Å². The highest BCUT2D eigenvalue weighted by molar-refractivity contribution is 5.86. The number of carboxylic acid groups (broad SMARTS) is 1. The van der Waals surface area contributed by atoms with Crippen molar-refractivity contribution >= 4 is 12.0 Å². The van der Waals surface area contributed by atoms with Gasteiger partial charge >= 0.3 is 12.0 Å². The highest BCUT2D eigenvalue weighted by Crippen LogP contribution is 2.29. The lowest BCUT2D eigenvalue weighted by Crippen LogP contribution is -2.56. The van der Waals surface area contributed by atoms with Crippen LogP contribution in [0.2, 0.25) is 0 Å². The molecule has 1 aliphatic carbocycles. The van der Waals surface area contributed by atoms with Crippen LogP contribution in [0.5, 0.6) is 0 Å². The van der Waals surface area contributed by atoms with Gasteiger partial charge in [-0.15, -0.1) is 12.3 Å². The fourth-order valence-electron chi connectivity index (χ4n) is 2.25. The zero-order valence-electron chi connectivity index (χ0n) is 10.7. The Morgan fingerprint density at radius 3 is 2.50 bits per heavy atom. The molecule has 5 nitrogen and oxygen atoms in total. The average Bonchev–Trinajstić information content (AvgIpc) is 2.78. The topological polar surface area (TPSA) is 78.4 Å². The van der Waals surface area contributed by atoms with E-state index in [4.69, 9.17) is 6.42 Å². The maximum atomic E-state index is 11.8. The van der Waals surface area contributed by atoms with E-state index in [1.54, 1.807) is 0 Å². The van der Waals surface area contributed by atoms with Gasteiger partial charge in [0.05, 0.1) is 0 Å². The van der Waals surface area contributed by atoms with Gasteiger partial charge in [0.15, 0.2) is 0 Å². The van der Waals surface area contributed by atoms with E-state index in [1.807, 2.05) is 6.92 Å². The molecule has 1 rings (SSSR count). The number of terminal acetylenes is 1. The molecule has 1 fully saturated rings. The molecular weight excluding hydrogens is 232 g/mol. The van der Waals surface area contributed by atoms with Crippen LogP contribution in [-0.4, -0.2) is 28.7 Å². The molecule has 0 aliphatic heterocycles. The van der Waals surface area contributed by atoms with Gasteiger partial charge in [-0.1, -0.05) is 19.8 Å². The summed E-state index contributed by atoms with van der Waals surface area (Å²) in [5.74, 6) is 1.53. The van der Waals surface area contributed by atoms with Crippen molar-refractivity contribution in [2.45, 2.75) is 57.0 Å². The molecule has 2 amide bonds. The number of amides is 2. The minimum absolute atomic E-state index is 0.109. The first-order chi connectivity index (χ1) is 8.54. The van der Waals surface area contributed by atoms with Gasteiger partial charge in [-0.25, -0.2) is 9.59 Å². The number of aliphatic carboxylic acids is 1. The number of carboxylic acids is 1. The lowest BCUT2D eigenvalue weighted by atomic mass is 9.98. The molecule has 0 bridgehead atoms. The van der Waals surface area contributed by atoms with Crippen LogP contribution in [0, 0.1) is 12.3 Å². The molecule has 1 aliphatic rings. The number of carbonyl (C=O) groups is 2. The van der Waals surface area contributed by atoms with Crippen LogP contribution in [0.15, 0.2) is 0 Å². The Bertz CT molecular complexity index is 354. The van der Waals surface area contributed by atoms with E-state index in [0.29, 0.717) is 19.3 Å². The fraction of sp³-hybridized carbons (Fsp3) is 0.692. The normalized spacial score (nSPS) is 18.7. The van der Waals surface area contributed by atoms with E-state index < -0.39 is 17.5 Å². The quantitative estimate of drug-likeness (QED) is 0.648. The molecule has 0 heterocycles. The van der Waals surface area contributed by atoms with Crippen molar-refractivity contribution in [1.82, 2.24) is 10.6 Å². The summed E-state index contributed by atoms with van der Waals surface area (Å²) >= 11 is 0. The third-order valence-corrected chi connectivity index (χ3v) is 3.41. The second kappa shape index (κ2) is 6.29. The fourth-order valence-corrected chi connectivity index (χ4v) is 2.25. The molecule has 1 atom stereocenters. The van der Waals surface area contributed by atoms with E-state index in [2.05, 4.69) is 16.6 Å². The third-order valence-electron chi connectivity index (χ3n) is 3.41. The predicted octanol–water partition coefficient (Wildman–Crippen LogP) is 1.48. The summed E-state index contributed by atoms with van der Waals surface area (Å²) in [4.78, 5) is 23.1. The zero-order chi connectivity index (χ0) is 13.6. The van der Waals surface area contributed by atoms with E-state index >= 15 is 0 Å². The summed E-state index contributed by atoms with van der Waals surface area (Å²) in [5.41, 5.74) is -1.10. The van der Waals surface area contributed by atoms with Gasteiger partial charge in [-0.3, -0.25) is 0 Å². The lowest BCUT2D eigenvalue weighted by molar-refractivity contribution is -0.144. The highest BCUT2D eigenvalue weighted by Gasteiger charge is 2.42. The predicted molar refractivity (Wildman–Crippen MR) is 68.0 cm³/mol. The molecule has 0 aromatic rings. The first kappa shape index (κ1) is 14.4. The molecule has 0 saturated heterocycles. The maximum Gasteiger partial charge on any atom is 0.329 e. The number of carbonyl (C=O) groups excluding carboxylic acids is 1. The smallest absolute Gasteiger partial charge is 0.329 e. The molecule has 0 aromatic heterocycles. The molecule has 0 spiro atoms. The number of urea groups is 1. The van der Waals surface area contributed by atoms with Crippen LogP contribution < -0.4 is 10.6 Å². The Morgan fingerprint density at radius 2 is 2.06 bits per heavy atom. The molecule has 3 N–H and O–H groups in total. The Hall–Kier alpha value is -1.70. The van der Waals surface area contributed by atoms with Gasteiger partial charge in [0.25, 0.3) is 0 Å². The van der Waals surface area contributed by atoms with Gasteiger partial charge in [0, 0.05) is 12.5 Å². The summed E-state index contributed by atoms with van der Waals surface area (Å²) in [7, 11) is 0. The standard InChI is InChI=1S/C13H20N2O3/c1-3-7-10(4-2)14-12(18)15-13(11(16)17)8-5-6-9-13/h1,10H,4-9H2,2H3,(H,16,17)(H2,14,15,18). The lowest BCUT2D eigenvalue weighted by Gasteiger charge is -2.26. The van der Waals surface area contributed by atoms with Gasteiger partial charge in [0.1, 0.15) is 5.54 Å². The van der Waals surface area contributed by atoms with Crippen LogP contribution in [0.25, 0.3) is 0 Å². The number of rotatable bonds is 5. The number of hydrogen-bond acceptors (Lipinski definition) is 2. The van der Waals surface area contributed by atoms with Crippen molar-refractivity contribution in [3.63, 3.8) is 0 Å². The maximum absolute atomic E-state index is 11.8. The van der Waals surface area contributed by atoms with Crippen molar-refractivity contribution in [2.24, 2.45) is 0 Å². The van der Waals surface area contributed by atoms with Crippen LogP contribution in [0.4, 0.5) is 4.79 Å². The Morgan fingerprint density at radius 1 is 1.44 bits per heavy atom. The second-order valence-corrected chi connectivity index (χ2v) is 4.71. The Kier molecular flexibility index (Phi) is 5.02. The highest BCUT2D eigenvalue weighted by atomic mass is 16.4. The summed E-state index contributed by atoms with van der Waals surface area (Å²) in [6, 6.07) is -0.552. The molecular formula is C13H20N2O3. The monoisotopic (exact) mass is 252 g/mol. The largest absolute Gasteiger partial charge is 0.480 e. The minimum Gasteiger partial charge on any atom is -0.480 e. The molecule has 1 unspecified atom stereocenters. The molecule has 0 radical (unpaired) electrons. The third kappa shape index (κ3) is 3.39. The molecule has 100 valence electrons. The van der Waals surface area contributed by atoms with Crippen molar-refractivity contribution in [1.29, 1.82) is 0 Å². The van der Waals surface area contributed by atoms with Crippen molar-refractivity contribution in [2.75, 3.05) is 0 Å². The SMILES string of the molecule is C#CCC(CC)NC(=O)NC1(C(=O)O)CCCC1. The number of hydrogen-bond donors (Lipinski definition) is 3. The van der Waals surface area contributed by atoms with E-state index in [1.165, 1.54) is 0 Å². The van der Waals surface area contributed by atoms with E-state index in [-0.39, 0.29) is 6.04 Å². The number of nitrogens with one attached hydrogen (secondary N) is 2. The Balaban J connectivity index is 2.57. The van der Waals surface area contributed by atoms with Crippen LogP contribution >= 0.6 is 0 Å². The average molecular weight is 252 g/mol. The molecule has 0 aromatic carbocycles. The summed E-state index contributed by atoms with van der Waals surface area (Å²) in [6.07, 6.45) is 9.00. The first-order valence-electron chi connectivity index (χ1n) is 6.29. The Labute approximate surface area is 107 Å². The minimum atomic E-state index is -1.10. The zero-order valence-corrected chi connectivity index (χ0v) is 10.7. The van der Waals surface area contributed by atoms with Gasteiger partial charge < -0.3 is 15.7 Å². The van der Waals surface area contributed by atoms with Gasteiger partial charge in [-0.05, 0) is 19.3 Å². The second-order valence-electron chi connectivity index (χ2n) is 4.71. The summed E-state index contributed by atoms with van der Waals surface area (Å²) < 4.78 is 0. The van der Waals surface area contributed by atoms with Crippen LogP contribution in [0.3, 0.4) is 0 Å².